The molecule has 0 atom stereocenters. The highest BCUT2D eigenvalue weighted by molar-refractivity contribution is 6.24. The first kappa shape index (κ1) is 23.1. The molecule has 6 aromatic carbocycles. The van der Waals surface area contributed by atoms with Crippen LogP contribution in [-0.4, -0.2) is 9.13 Å². The second-order valence-electron chi connectivity index (χ2n) is 11.3. The summed E-state index contributed by atoms with van der Waals surface area (Å²) in [6.45, 7) is 4.31. The lowest BCUT2D eigenvalue weighted by Crippen LogP contribution is -1.93. The van der Waals surface area contributed by atoms with Crippen LogP contribution in [0.15, 0.2) is 109 Å². The Balaban J connectivity index is 1.37. The van der Waals surface area contributed by atoms with Gasteiger partial charge in [-0.1, -0.05) is 96.1 Å². The molecular weight excluding hydrogens is 484 g/mol. The van der Waals surface area contributed by atoms with Gasteiger partial charge in [0.15, 0.2) is 0 Å². The molecule has 0 amide bonds. The first-order valence-electron chi connectivity index (χ1n) is 14.0. The van der Waals surface area contributed by atoms with Gasteiger partial charge in [0.25, 0.3) is 0 Å². The monoisotopic (exact) mass is 514 g/mol. The van der Waals surface area contributed by atoms with Crippen molar-refractivity contribution in [1.82, 2.24) is 9.13 Å². The fourth-order valence-electron chi connectivity index (χ4n) is 6.91. The minimum absolute atomic E-state index is 1.25. The third-order valence-corrected chi connectivity index (χ3v) is 8.81. The van der Waals surface area contributed by atoms with Gasteiger partial charge in [0.2, 0.25) is 0 Å². The predicted octanol–water partition coefficient (Wildman–Crippen LogP) is 10.1. The Morgan fingerprint density at radius 3 is 1.20 bits per heavy atom. The van der Waals surface area contributed by atoms with Gasteiger partial charge < -0.3 is 9.13 Å². The Morgan fingerprint density at radius 2 is 0.775 bits per heavy atom. The smallest absolute Gasteiger partial charge is 0.0562 e. The summed E-state index contributed by atoms with van der Waals surface area (Å²) in [6.07, 6.45) is 0. The lowest BCUT2D eigenvalue weighted by Gasteiger charge is -2.12. The number of nitrogens with zero attached hydrogens (tertiary/aromatic N) is 2. The van der Waals surface area contributed by atoms with Crippen LogP contribution in [0.5, 0.6) is 0 Å². The lowest BCUT2D eigenvalue weighted by atomic mass is 9.95. The van der Waals surface area contributed by atoms with Gasteiger partial charge in [-0.05, 0) is 70.8 Å². The van der Waals surface area contributed by atoms with Crippen molar-refractivity contribution < 1.29 is 0 Å². The van der Waals surface area contributed by atoms with E-state index in [9.17, 15) is 0 Å². The van der Waals surface area contributed by atoms with Crippen molar-refractivity contribution in [2.75, 3.05) is 0 Å². The normalized spacial score (nSPS) is 12.0. The van der Waals surface area contributed by atoms with E-state index in [1.54, 1.807) is 0 Å². The summed E-state index contributed by atoms with van der Waals surface area (Å²) >= 11 is 0. The fourth-order valence-corrected chi connectivity index (χ4v) is 6.91. The van der Waals surface area contributed by atoms with Crippen LogP contribution in [0.4, 0.5) is 0 Å². The van der Waals surface area contributed by atoms with E-state index in [-0.39, 0.29) is 0 Å². The molecule has 8 rings (SSSR count). The average Bonchev–Trinajstić information content (AvgIpc) is 3.49. The molecule has 0 aliphatic carbocycles. The van der Waals surface area contributed by atoms with Gasteiger partial charge in [-0.2, -0.15) is 0 Å². The van der Waals surface area contributed by atoms with E-state index in [0.717, 1.165) is 0 Å². The maximum absolute atomic E-state index is 2.36. The molecule has 0 radical (unpaired) electrons. The number of hydrogen-bond donors (Lipinski definition) is 0. The van der Waals surface area contributed by atoms with Gasteiger partial charge in [0.05, 0.1) is 11.0 Å². The molecule has 2 nitrogen and oxygen atoms in total. The van der Waals surface area contributed by atoms with Crippen LogP contribution in [0.25, 0.3) is 76.6 Å². The molecule has 40 heavy (non-hydrogen) atoms. The van der Waals surface area contributed by atoms with Gasteiger partial charge in [-0.3, -0.25) is 0 Å². The molecule has 0 fully saturated rings. The number of fused-ring (bicyclic) bond motifs is 9. The molecule has 0 bridgehead atoms. The van der Waals surface area contributed by atoms with Crippen molar-refractivity contribution >= 4 is 54.1 Å². The van der Waals surface area contributed by atoms with E-state index in [1.807, 2.05) is 0 Å². The highest BCUT2D eigenvalue weighted by Gasteiger charge is 2.16. The van der Waals surface area contributed by atoms with Crippen LogP contribution in [0.2, 0.25) is 0 Å². The summed E-state index contributed by atoms with van der Waals surface area (Å²) in [7, 11) is 4.39. The van der Waals surface area contributed by atoms with E-state index in [0.29, 0.717) is 0 Å². The maximum Gasteiger partial charge on any atom is 0.0562 e. The van der Waals surface area contributed by atoms with Crippen molar-refractivity contribution in [3.05, 3.63) is 120 Å². The molecule has 0 spiro atoms. The molecule has 0 unspecified atom stereocenters. The summed E-state index contributed by atoms with van der Waals surface area (Å²) in [5, 5.41) is 10.4. The number of hydrogen-bond acceptors (Lipinski definition) is 0. The van der Waals surface area contributed by atoms with Crippen molar-refractivity contribution in [3.63, 3.8) is 0 Å². The summed E-state index contributed by atoms with van der Waals surface area (Å²) in [5.74, 6) is 0. The van der Waals surface area contributed by atoms with Gasteiger partial charge in [-0.15, -0.1) is 0 Å². The maximum atomic E-state index is 2.36. The van der Waals surface area contributed by atoms with Gasteiger partial charge >= 0.3 is 0 Å². The molecule has 2 heterocycles. The first-order chi connectivity index (χ1) is 19.5. The summed E-state index contributed by atoms with van der Waals surface area (Å²) in [4.78, 5) is 0. The van der Waals surface area contributed by atoms with Gasteiger partial charge in [-0.25, -0.2) is 0 Å². The predicted molar refractivity (Wildman–Crippen MR) is 172 cm³/mol. The molecule has 8 aromatic rings. The largest absolute Gasteiger partial charge is 0.343 e. The van der Waals surface area contributed by atoms with Crippen LogP contribution in [0.1, 0.15) is 11.1 Å². The van der Waals surface area contributed by atoms with Crippen molar-refractivity contribution in [2.24, 2.45) is 14.1 Å². The molecule has 2 heteroatoms. The van der Waals surface area contributed by atoms with Crippen LogP contribution >= 0.6 is 0 Å². The summed E-state index contributed by atoms with van der Waals surface area (Å²) in [5.41, 5.74) is 10.2. The van der Waals surface area contributed by atoms with Crippen molar-refractivity contribution in [3.8, 4) is 22.5 Å². The zero-order chi connectivity index (χ0) is 27.1. The third kappa shape index (κ3) is 3.23. The minimum Gasteiger partial charge on any atom is -0.343 e. The number of aromatic nitrogens is 2. The minimum atomic E-state index is 1.25. The topological polar surface area (TPSA) is 9.86 Å². The second-order valence-corrected chi connectivity index (χ2v) is 11.3. The zero-order valence-corrected chi connectivity index (χ0v) is 23.3. The molecule has 0 aliphatic rings. The van der Waals surface area contributed by atoms with E-state index >= 15 is 0 Å². The van der Waals surface area contributed by atoms with Crippen molar-refractivity contribution in [1.29, 1.82) is 0 Å². The first-order valence-corrected chi connectivity index (χ1v) is 14.0. The molecule has 0 N–H and O–H groups in total. The van der Waals surface area contributed by atoms with E-state index < -0.39 is 0 Å². The molecule has 192 valence electrons. The Hall–Kier alpha value is -4.82. The number of benzene rings is 6. The quantitative estimate of drug-likeness (QED) is 0.203. The highest BCUT2D eigenvalue weighted by Crippen LogP contribution is 2.40. The second kappa shape index (κ2) is 8.34. The van der Waals surface area contributed by atoms with Crippen LogP contribution < -0.4 is 0 Å². The number of rotatable bonds is 2. The Kier molecular flexibility index (Phi) is 4.82. The highest BCUT2D eigenvalue weighted by atomic mass is 15.0. The summed E-state index contributed by atoms with van der Waals surface area (Å²) in [6, 6.07) is 40.7. The Labute approximate surface area is 233 Å². The molecule has 2 aromatic heterocycles. The SMILES string of the molecule is Cc1cccc(-c2cc3ccc4c5ccc6c(ccc7cc(-c8cccc(C)c8)n(C)c76)c5ccc4c3n2C)c1. The van der Waals surface area contributed by atoms with E-state index in [4.69, 9.17) is 0 Å². The lowest BCUT2D eigenvalue weighted by molar-refractivity contribution is 0.982. The summed E-state index contributed by atoms with van der Waals surface area (Å²) < 4.78 is 4.72. The van der Waals surface area contributed by atoms with Gasteiger partial charge in [0, 0.05) is 47.0 Å². The van der Waals surface area contributed by atoms with Crippen molar-refractivity contribution in [2.45, 2.75) is 13.8 Å². The zero-order valence-electron chi connectivity index (χ0n) is 23.3. The van der Waals surface area contributed by atoms with Crippen LogP contribution in [-0.2, 0) is 14.1 Å². The van der Waals surface area contributed by atoms with Crippen LogP contribution in [0.3, 0.4) is 0 Å². The van der Waals surface area contributed by atoms with E-state index in [2.05, 4.69) is 146 Å². The van der Waals surface area contributed by atoms with Gasteiger partial charge in [0.1, 0.15) is 0 Å². The molecule has 0 saturated carbocycles. The van der Waals surface area contributed by atoms with E-state index in [1.165, 1.54) is 87.8 Å². The van der Waals surface area contributed by atoms with Crippen LogP contribution in [0, 0.1) is 13.8 Å². The fraction of sp³-hybridized carbons (Fsp3) is 0.105. The Morgan fingerprint density at radius 1 is 0.400 bits per heavy atom. The third-order valence-electron chi connectivity index (χ3n) is 8.81. The standard InChI is InChI=1S/C38H30N2/c1-23-7-5-9-25(19-23)35-21-27-11-13-31-29-16-18-34-32(30(29)15-17-33(31)37(27)39(35)3)14-12-28-22-36(40(4)38(28)34)26-10-6-8-24(2)20-26/h5-22H,1-4H3. The Bertz CT molecular complexity index is 2140. The molecule has 0 saturated heterocycles. The molecule has 0 aliphatic heterocycles. The average molecular weight is 515 g/mol. The number of aryl methyl sites for hydroxylation is 4. The molecular formula is C38H30N2.